The maximum atomic E-state index is 6.09. The van der Waals surface area contributed by atoms with E-state index in [-0.39, 0.29) is 0 Å². The number of anilines is 1. The second kappa shape index (κ2) is 10.4. The first-order chi connectivity index (χ1) is 9.65. The van der Waals surface area contributed by atoms with E-state index in [0.717, 1.165) is 27.3 Å². The van der Waals surface area contributed by atoms with E-state index in [1.807, 2.05) is 19.1 Å². The van der Waals surface area contributed by atoms with Gasteiger partial charge in [-0.2, -0.15) is 0 Å². The van der Waals surface area contributed by atoms with Crippen molar-refractivity contribution in [1.29, 1.82) is 0 Å². The number of hydrogen-bond acceptors (Lipinski definition) is 4. The molecular formula is C14H21BrClNO3. The molecule has 0 aromatic heterocycles. The molecule has 0 heterocycles. The molecule has 0 radical (unpaired) electrons. The molecule has 0 aliphatic carbocycles. The topological polar surface area (TPSA) is 39.7 Å². The van der Waals surface area contributed by atoms with Crippen LogP contribution in [0, 0.1) is 6.92 Å². The summed E-state index contributed by atoms with van der Waals surface area (Å²) in [6.07, 6.45) is 0. The van der Waals surface area contributed by atoms with Gasteiger partial charge in [0.25, 0.3) is 0 Å². The Bertz CT molecular complexity index is 404. The van der Waals surface area contributed by atoms with Gasteiger partial charge < -0.3 is 19.5 Å². The van der Waals surface area contributed by atoms with Gasteiger partial charge in [-0.15, -0.1) is 0 Å². The molecule has 0 aliphatic heterocycles. The van der Waals surface area contributed by atoms with Crippen LogP contribution in [0.25, 0.3) is 0 Å². The molecular weight excluding hydrogens is 346 g/mol. The lowest BCUT2D eigenvalue weighted by Gasteiger charge is -2.11. The van der Waals surface area contributed by atoms with Gasteiger partial charge in [-0.25, -0.2) is 0 Å². The Labute approximate surface area is 133 Å². The summed E-state index contributed by atoms with van der Waals surface area (Å²) in [5.74, 6) is 0. The van der Waals surface area contributed by atoms with Crippen LogP contribution in [0.5, 0.6) is 0 Å². The summed E-state index contributed by atoms with van der Waals surface area (Å²) >= 11 is 9.60. The standard InChI is InChI=1S/C14H21BrClNO3/c1-11-9-12(15)14(10-13(11)16)17-3-4-19-7-8-20-6-5-18-2/h9-10,17H,3-8H2,1-2H3. The largest absolute Gasteiger partial charge is 0.382 e. The number of benzene rings is 1. The Morgan fingerprint density at radius 1 is 1.10 bits per heavy atom. The molecule has 114 valence electrons. The minimum absolute atomic E-state index is 0.585. The Morgan fingerprint density at radius 2 is 1.75 bits per heavy atom. The summed E-state index contributed by atoms with van der Waals surface area (Å²) in [7, 11) is 1.65. The molecule has 1 aromatic carbocycles. The van der Waals surface area contributed by atoms with Gasteiger partial charge in [0, 0.05) is 23.1 Å². The quantitative estimate of drug-likeness (QED) is 0.643. The monoisotopic (exact) mass is 365 g/mol. The Hall–Kier alpha value is -0.330. The summed E-state index contributed by atoms with van der Waals surface area (Å²) in [6.45, 7) is 5.70. The molecule has 0 fully saturated rings. The number of methoxy groups -OCH3 is 1. The number of rotatable bonds is 10. The average molecular weight is 367 g/mol. The third-order valence-corrected chi connectivity index (χ3v) is 3.68. The summed E-state index contributed by atoms with van der Waals surface area (Å²) in [5, 5.41) is 4.03. The van der Waals surface area contributed by atoms with Gasteiger partial charge >= 0.3 is 0 Å². The maximum Gasteiger partial charge on any atom is 0.0701 e. The highest BCUT2D eigenvalue weighted by molar-refractivity contribution is 9.10. The van der Waals surface area contributed by atoms with Gasteiger partial charge in [-0.05, 0) is 40.5 Å². The van der Waals surface area contributed by atoms with Gasteiger partial charge in [-0.3, -0.25) is 0 Å². The Kier molecular flexibility index (Phi) is 9.22. The molecule has 0 aliphatic rings. The molecule has 0 saturated heterocycles. The fourth-order valence-electron chi connectivity index (χ4n) is 1.50. The number of nitrogens with one attached hydrogen (secondary N) is 1. The zero-order valence-corrected chi connectivity index (χ0v) is 14.2. The van der Waals surface area contributed by atoms with Gasteiger partial charge in [-0.1, -0.05) is 11.6 Å². The zero-order valence-electron chi connectivity index (χ0n) is 11.9. The van der Waals surface area contributed by atoms with Crippen molar-refractivity contribution < 1.29 is 14.2 Å². The highest BCUT2D eigenvalue weighted by Crippen LogP contribution is 2.28. The van der Waals surface area contributed by atoms with Crippen LogP contribution in [0.3, 0.4) is 0 Å². The third-order valence-electron chi connectivity index (χ3n) is 2.61. The summed E-state index contributed by atoms with van der Waals surface area (Å²) in [6, 6.07) is 3.91. The van der Waals surface area contributed by atoms with Crippen LogP contribution < -0.4 is 5.32 Å². The van der Waals surface area contributed by atoms with Crippen molar-refractivity contribution in [2.45, 2.75) is 6.92 Å². The number of aryl methyl sites for hydroxylation is 1. The first-order valence-electron chi connectivity index (χ1n) is 6.49. The Morgan fingerprint density at radius 3 is 2.45 bits per heavy atom. The summed E-state index contributed by atoms with van der Waals surface area (Å²) in [5.41, 5.74) is 2.02. The molecule has 0 bridgehead atoms. The smallest absolute Gasteiger partial charge is 0.0701 e. The highest BCUT2D eigenvalue weighted by atomic mass is 79.9. The first kappa shape index (κ1) is 17.7. The van der Waals surface area contributed by atoms with Crippen molar-refractivity contribution >= 4 is 33.2 Å². The van der Waals surface area contributed by atoms with Crippen molar-refractivity contribution in [3.63, 3.8) is 0 Å². The van der Waals surface area contributed by atoms with E-state index < -0.39 is 0 Å². The zero-order chi connectivity index (χ0) is 14.8. The van der Waals surface area contributed by atoms with Crippen LogP contribution >= 0.6 is 27.5 Å². The maximum absolute atomic E-state index is 6.09. The molecule has 0 spiro atoms. The SMILES string of the molecule is COCCOCCOCCNc1cc(Cl)c(C)cc1Br. The summed E-state index contributed by atoms with van der Waals surface area (Å²) < 4.78 is 16.6. The van der Waals surface area contributed by atoms with Crippen molar-refractivity contribution in [3.05, 3.63) is 27.2 Å². The number of ether oxygens (including phenoxy) is 3. The normalized spacial score (nSPS) is 10.8. The lowest BCUT2D eigenvalue weighted by atomic mass is 10.2. The summed E-state index contributed by atoms with van der Waals surface area (Å²) in [4.78, 5) is 0. The van der Waals surface area contributed by atoms with E-state index in [9.17, 15) is 0 Å². The lowest BCUT2D eigenvalue weighted by Crippen LogP contribution is -2.13. The molecule has 1 N–H and O–H groups in total. The fourth-order valence-corrected chi connectivity index (χ4v) is 2.27. The number of hydrogen-bond donors (Lipinski definition) is 1. The van der Waals surface area contributed by atoms with Crippen LogP contribution in [-0.4, -0.2) is 46.7 Å². The second-order valence-corrected chi connectivity index (χ2v) is 5.49. The van der Waals surface area contributed by atoms with Gasteiger partial charge in [0.15, 0.2) is 0 Å². The van der Waals surface area contributed by atoms with E-state index in [0.29, 0.717) is 33.0 Å². The Balaban J connectivity index is 2.11. The number of halogens is 2. The predicted octanol–water partition coefficient (Wildman–Crippen LogP) is 3.50. The van der Waals surface area contributed by atoms with Crippen LogP contribution in [-0.2, 0) is 14.2 Å². The molecule has 6 heteroatoms. The van der Waals surface area contributed by atoms with Crippen molar-refractivity contribution in [2.24, 2.45) is 0 Å². The molecule has 0 saturated carbocycles. The lowest BCUT2D eigenvalue weighted by molar-refractivity contribution is 0.0272. The molecule has 0 atom stereocenters. The predicted molar refractivity (Wildman–Crippen MR) is 85.9 cm³/mol. The van der Waals surface area contributed by atoms with Crippen LogP contribution in [0.15, 0.2) is 16.6 Å². The first-order valence-corrected chi connectivity index (χ1v) is 7.66. The van der Waals surface area contributed by atoms with Crippen molar-refractivity contribution in [1.82, 2.24) is 0 Å². The molecule has 4 nitrogen and oxygen atoms in total. The molecule has 0 amide bonds. The van der Waals surface area contributed by atoms with Gasteiger partial charge in [0.05, 0.1) is 38.7 Å². The van der Waals surface area contributed by atoms with Crippen LogP contribution in [0.2, 0.25) is 5.02 Å². The average Bonchev–Trinajstić information content (AvgIpc) is 2.42. The molecule has 20 heavy (non-hydrogen) atoms. The molecule has 1 aromatic rings. The van der Waals surface area contributed by atoms with E-state index in [1.165, 1.54) is 0 Å². The minimum atomic E-state index is 0.585. The second-order valence-electron chi connectivity index (χ2n) is 4.23. The van der Waals surface area contributed by atoms with Gasteiger partial charge in [0.1, 0.15) is 0 Å². The minimum Gasteiger partial charge on any atom is -0.382 e. The van der Waals surface area contributed by atoms with Crippen molar-refractivity contribution in [3.8, 4) is 0 Å². The van der Waals surface area contributed by atoms with E-state index in [1.54, 1.807) is 7.11 Å². The molecule has 0 unspecified atom stereocenters. The third kappa shape index (κ3) is 6.90. The highest BCUT2D eigenvalue weighted by Gasteiger charge is 2.03. The van der Waals surface area contributed by atoms with E-state index in [4.69, 9.17) is 25.8 Å². The van der Waals surface area contributed by atoms with Crippen LogP contribution in [0.1, 0.15) is 5.56 Å². The van der Waals surface area contributed by atoms with Crippen LogP contribution in [0.4, 0.5) is 5.69 Å². The van der Waals surface area contributed by atoms with Gasteiger partial charge in [0.2, 0.25) is 0 Å². The molecule has 1 rings (SSSR count). The van der Waals surface area contributed by atoms with E-state index in [2.05, 4.69) is 21.2 Å². The van der Waals surface area contributed by atoms with Crippen molar-refractivity contribution in [2.75, 3.05) is 52.0 Å². The van der Waals surface area contributed by atoms with E-state index >= 15 is 0 Å². The fraction of sp³-hybridized carbons (Fsp3) is 0.571.